The monoisotopic (exact) mass is 286 g/mol. The van der Waals surface area contributed by atoms with Crippen LogP contribution in [0.3, 0.4) is 0 Å². The molecule has 0 unspecified atom stereocenters. The van der Waals surface area contributed by atoms with Gasteiger partial charge in [0.05, 0.1) is 22.4 Å². The van der Waals surface area contributed by atoms with E-state index >= 15 is 0 Å². The Bertz CT molecular complexity index is 687. The first kappa shape index (κ1) is 13.8. The van der Waals surface area contributed by atoms with Gasteiger partial charge < -0.3 is 10.7 Å². The Balaban J connectivity index is 1.97. The minimum atomic E-state index is -0.380. The van der Waals surface area contributed by atoms with Gasteiger partial charge in [0.2, 0.25) is 0 Å². The van der Waals surface area contributed by atoms with Crippen LogP contribution < -0.4 is 5.73 Å². The quantitative estimate of drug-likeness (QED) is 0.669. The van der Waals surface area contributed by atoms with Crippen LogP contribution >= 0.6 is 0 Å². The van der Waals surface area contributed by atoms with Crippen molar-refractivity contribution in [1.82, 2.24) is 9.97 Å². The zero-order valence-corrected chi connectivity index (χ0v) is 11.9. The van der Waals surface area contributed by atoms with Crippen molar-refractivity contribution < 1.29 is 4.92 Å². The summed E-state index contributed by atoms with van der Waals surface area (Å²) in [7, 11) is 0. The van der Waals surface area contributed by atoms with Crippen LogP contribution in [-0.2, 0) is 5.54 Å². The molecule has 0 bridgehead atoms. The second-order valence-electron chi connectivity index (χ2n) is 5.77. The summed E-state index contributed by atoms with van der Waals surface area (Å²) in [5.74, 6) is 0.776. The lowest BCUT2D eigenvalue weighted by atomic mass is 9.98. The van der Waals surface area contributed by atoms with Gasteiger partial charge in [0.1, 0.15) is 5.82 Å². The normalized spacial score (nSPS) is 17.0. The first-order valence-electron chi connectivity index (χ1n) is 7.09. The molecule has 0 saturated heterocycles. The predicted octanol–water partition coefficient (Wildman–Crippen LogP) is 3.02. The highest BCUT2D eigenvalue weighted by atomic mass is 16.6. The Morgan fingerprint density at radius 2 is 2.10 bits per heavy atom. The number of nitrogens with zero attached hydrogens (tertiary/aromatic N) is 2. The number of nitro groups is 1. The molecule has 3 rings (SSSR count). The summed E-state index contributed by atoms with van der Waals surface area (Å²) in [5.41, 5.74) is 8.28. The minimum Gasteiger partial charge on any atom is -0.340 e. The lowest BCUT2D eigenvalue weighted by molar-refractivity contribution is -0.385. The van der Waals surface area contributed by atoms with E-state index in [1.165, 1.54) is 0 Å². The molecule has 1 fully saturated rings. The number of nitrogens with two attached hydrogens (primary N) is 1. The van der Waals surface area contributed by atoms with Crippen molar-refractivity contribution in [3.05, 3.63) is 45.9 Å². The maximum absolute atomic E-state index is 11.0. The van der Waals surface area contributed by atoms with Gasteiger partial charge in [-0.05, 0) is 19.8 Å². The van der Waals surface area contributed by atoms with E-state index in [0.717, 1.165) is 42.8 Å². The van der Waals surface area contributed by atoms with Crippen LogP contribution in [0.25, 0.3) is 11.3 Å². The molecule has 1 heterocycles. The number of hydrogen-bond acceptors (Lipinski definition) is 4. The van der Waals surface area contributed by atoms with Gasteiger partial charge in [-0.25, -0.2) is 4.98 Å². The maximum Gasteiger partial charge on any atom is 0.272 e. The fraction of sp³-hybridized carbons (Fsp3) is 0.400. The molecule has 0 amide bonds. The van der Waals surface area contributed by atoms with Crippen LogP contribution in [0.4, 0.5) is 5.69 Å². The molecule has 6 heteroatoms. The SMILES string of the molecule is Cc1ccc(-c2cnc(C3(N)CCCC3)[nH]2)cc1[N+](=O)[O-]. The zero-order chi connectivity index (χ0) is 15.0. The van der Waals surface area contributed by atoms with E-state index in [1.807, 2.05) is 6.07 Å². The largest absolute Gasteiger partial charge is 0.340 e. The van der Waals surface area contributed by atoms with Crippen LogP contribution in [0.5, 0.6) is 0 Å². The van der Waals surface area contributed by atoms with E-state index in [2.05, 4.69) is 9.97 Å². The Morgan fingerprint density at radius 3 is 2.76 bits per heavy atom. The van der Waals surface area contributed by atoms with Crippen molar-refractivity contribution in [2.75, 3.05) is 0 Å². The van der Waals surface area contributed by atoms with Crippen molar-refractivity contribution in [2.45, 2.75) is 38.1 Å². The number of H-pyrrole nitrogens is 1. The van der Waals surface area contributed by atoms with E-state index in [9.17, 15) is 10.1 Å². The predicted molar refractivity (Wildman–Crippen MR) is 79.7 cm³/mol. The Kier molecular flexibility index (Phi) is 3.25. The number of nitrogens with one attached hydrogen (secondary N) is 1. The number of benzene rings is 1. The third-order valence-corrected chi connectivity index (χ3v) is 4.26. The summed E-state index contributed by atoms with van der Waals surface area (Å²) in [6.45, 7) is 1.73. The number of aromatic nitrogens is 2. The number of imidazole rings is 1. The van der Waals surface area contributed by atoms with Crippen LogP contribution in [0, 0.1) is 17.0 Å². The molecule has 21 heavy (non-hydrogen) atoms. The average molecular weight is 286 g/mol. The van der Waals surface area contributed by atoms with Gasteiger partial charge >= 0.3 is 0 Å². The maximum atomic E-state index is 11.0. The summed E-state index contributed by atoms with van der Waals surface area (Å²) in [6, 6.07) is 5.18. The van der Waals surface area contributed by atoms with Crippen LogP contribution in [0.1, 0.15) is 37.1 Å². The molecular formula is C15H18N4O2. The summed E-state index contributed by atoms with van der Waals surface area (Å²) in [6.07, 6.45) is 5.78. The van der Waals surface area contributed by atoms with E-state index in [1.54, 1.807) is 25.3 Å². The van der Waals surface area contributed by atoms with Gasteiger partial charge in [0.25, 0.3) is 5.69 Å². The Morgan fingerprint density at radius 1 is 1.38 bits per heavy atom. The summed E-state index contributed by atoms with van der Waals surface area (Å²) >= 11 is 0. The second kappa shape index (κ2) is 4.96. The van der Waals surface area contributed by atoms with Gasteiger partial charge in [-0.3, -0.25) is 10.1 Å². The molecule has 0 spiro atoms. The highest BCUT2D eigenvalue weighted by molar-refractivity contribution is 5.64. The number of aryl methyl sites for hydroxylation is 1. The molecule has 1 aromatic heterocycles. The van der Waals surface area contributed by atoms with Gasteiger partial charge in [-0.1, -0.05) is 25.0 Å². The zero-order valence-electron chi connectivity index (χ0n) is 11.9. The molecule has 1 saturated carbocycles. The van der Waals surface area contributed by atoms with Gasteiger partial charge in [0.15, 0.2) is 0 Å². The molecule has 0 aliphatic heterocycles. The van der Waals surface area contributed by atoms with Crippen LogP contribution in [0.2, 0.25) is 0 Å². The molecule has 0 radical (unpaired) electrons. The Hall–Kier alpha value is -2.21. The fourth-order valence-electron chi connectivity index (χ4n) is 2.94. The van der Waals surface area contributed by atoms with Crippen LogP contribution in [0.15, 0.2) is 24.4 Å². The van der Waals surface area contributed by atoms with E-state index in [-0.39, 0.29) is 16.1 Å². The molecule has 3 N–H and O–H groups in total. The van der Waals surface area contributed by atoms with Crippen molar-refractivity contribution in [3.8, 4) is 11.3 Å². The van der Waals surface area contributed by atoms with Gasteiger partial charge in [0, 0.05) is 17.2 Å². The third-order valence-electron chi connectivity index (χ3n) is 4.26. The van der Waals surface area contributed by atoms with E-state index in [4.69, 9.17) is 5.73 Å². The first-order valence-corrected chi connectivity index (χ1v) is 7.09. The molecule has 1 aliphatic rings. The van der Waals surface area contributed by atoms with Crippen molar-refractivity contribution in [3.63, 3.8) is 0 Å². The summed E-state index contributed by atoms with van der Waals surface area (Å²) in [5, 5.41) is 11.0. The highest BCUT2D eigenvalue weighted by Crippen LogP contribution is 2.35. The van der Waals surface area contributed by atoms with E-state index in [0.29, 0.717) is 5.56 Å². The summed E-state index contributed by atoms with van der Waals surface area (Å²) in [4.78, 5) is 18.3. The molecule has 6 nitrogen and oxygen atoms in total. The van der Waals surface area contributed by atoms with Crippen LogP contribution in [-0.4, -0.2) is 14.9 Å². The number of rotatable bonds is 3. The van der Waals surface area contributed by atoms with Crippen molar-refractivity contribution in [1.29, 1.82) is 0 Å². The van der Waals surface area contributed by atoms with Gasteiger partial charge in [-0.2, -0.15) is 0 Å². The first-order chi connectivity index (χ1) is 9.99. The van der Waals surface area contributed by atoms with Crippen molar-refractivity contribution in [2.24, 2.45) is 5.73 Å². The molecule has 1 aliphatic carbocycles. The third kappa shape index (κ3) is 2.42. The fourth-order valence-corrected chi connectivity index (χ4v) is 2.94. The molecule has 2 aromatic rings. The number of nitro benzene ring substituents is 1. The second-order valence-corrected chi connectivity index (χ2v) is 5.77. The smallest absolute Gasteiger partial charge is 0.272 e. The van der Waals surface area contributed by atoms with Crippen molar-refractivity contribution >= 4 is 5.69 Å². The van der Waals surface area contributed by atoms with Gasteiger partial charge in [-0.15, -0.1) is 0 Å². The lowest BCUT2D eigenvalue weighted by Crippen LogP contribution is -2.34. The van der Waals surface area contributed by atoms with E-state index < -0.39 is 0 Å². The minimum absolute atomic E-state index is 0.118. The standard InChI is InChI=1S/C15H18N4O2/c1-10-4-5-11(8-13(10)19(20)21)12-9-17-14(18-12)15(16)6-2-3-7-15/h4-5,8-9H,2-3,6-7,16H2,1H3,(H,17,18). The molecule has 0 atom stereocenters. The number of aromatic amines is 1. The number of hydrogen-bond donors (Lipinski definition) is 2. The Labute approximate surface area is 122 Å². The molecule has 110 valence electrons. The molecular weight excluding hydrogens is 268 g/mol. The molecule has 1 aromatic carbocycles. The topological polar surface area (TPSA) is 97.8 Å². The average Bonchev–Trinajstić information content (AvgIpc) is 3.08. The lowest BCUT2D eigenvalue weighted by Gasteiger charge is -2.20. The highest BCUT2D eigenvalue weighted by Gasteiger charge is 2.34. The summed E-state index contributed by atoms with van der Waals surface area (Å²) < 4.78 is 0.